The minimum absolute atomic E-state index is 0.172. The van der Waals surface area contributed by atoms with Gasteiger partial charge in [0.15, 0.2) is 6.61 Å². The van der Waals surface area contributed by atoms with Gasteiger partial charge in [-0.2, -0.15) is 5.26 Å². The fourth-order valence-corrected chi connectivity index (χ4v) is 2.84. The third-order valence-electron chi connectivity index (χ3n) is 4.17. The van der Waals surface area contributed by atoms with E-state index >= 15 is 0 Å². The molecule has 1 heterocycles. The molecule has 0 aliphatic carbocycles. The van der Waals surface area contributed by atoms with Crippen molar-refractivity contribution in [2.45, 2.75) is 12.3 Å². The Morgan fingerprint density at radius 1 is 1.11 bits per heavy atom. The first kappa shape index (κ1) is 19.8. The normalized spacial score (nSPS) is 20.8. The van der Waals surface area contributed by atoms with Crippen LogP contribution in [0, 0.1) is 17.2 Å². The Labute approximate surface area is 167 Å². The van der Waals surface area contributed by atoms with Gasteiger partial charge in [-0.25, -0.2) is 10.9 Å². The van der Waals surface area contributed by atoms with Crippen molar-refractivity contribution in [3.05, 3.63) is 53.6 Å². The van der Waals surface area contributed by atoms with Crippen molar-refractivity contribution < 1.29 is 14.3 Å². The van der Waals surface area contributed by atoms with Crippen molar-refractivity contribution in [1.29, 1.82) is 5.26 Å². The fourth-order valence-electron chi connectivity index (χ4n) is 2.71. The zero-order chi connectivity index (χ0) is 19.9. The van der Waals surface area contributed by atoms with Gasteiger partial charge >= 0.3 is 0 Å². The van der Waals surface area contributed by atoms with Crippen molar-refractivity contribution >= 4 is 23.2 Å². The number of carbonyl (C=O) groups is 1. The van der Waals surface area contributed by atoms with E-state index in [1.54, 1.807) is 31.4 Å². The summed E-state index contributed by atoms with van der Waals surface area (Å²) in [4.78, 5) is 12.2. The Hall–Kier alpha value is -2.99. The van der Waals surface area contributed by atoms with Crippen molar-refractivity contribution in [2.24, 2.45) is 5.92 Å². The number of hydrogen-bond donors (Lipinski definition) is 4. The molecule has 4 N–H and O–H groups in total. The van der Waals surface area contributed by atoms with Crippen LogP contribution in [-0.4, -0.2) is 32.0 Å². The molecule has 9 heteroatoms. The standard InChI is InChI=1S/C19H20ClN5O3/c1-27-14-8-4-13(5-9-14)22-18-16(10-21)19(25-24-18)23-17(26)11-28-15-6-2-12(20)3-7-15/h2-9,16,18-19,22,24-25H,11H2,1H3,(H,23,26). The summed E-state index contributed by atoms with van der Waals surface area (Å²) >= 11 is 5.81. The largest absolute Gasteiger partial charge is 0.497 e. The molecule has 3 unspecified atom stereocenters. The number of carbonyl (C=O) groups excluding carboxylic acids is 1. The number of rotatable bonds is 7. The highest BCUT2D eigenvalue weighted by Gasteiger charge is 2.37. The summed E-state index contributed by atoms with van der Waals surface area (Å²) in [5, 5.41) is 16.1. The summed E-state index contributed by atoms with van der Waals surface area (Å²) in [6.45, 7) is -0.172. The molecule has 1 fully saturated rings. The number of nitrogens with one attached hydrogen (secondary N) is 4. The van der Waals surface area contributed by atoms with Crippen LogP contribution in [0.25, 0.3) is 0 Å². The lowest BCUT2D eigenvalue weighted by atomic mass is 10.1. The minimum atomic E-state index is -0.568. The molecule has 1 amide bonds. The van der Waals surface area contributed by atoms with Gasteiger partial charge in [-0.3, -0.25) is 4.79 Å². The maximum Gasteiger partial charge on any atom is 0.259 e. The molecule has 0 radical (unpaired) electrons. The number of amides is 1. The fraction of sp³-hybridized carbons (Fsp3) is 0.263. The van der Waals surface area contributed by atoms with Gasteiger partial charge < -0.3 is 20.1 Å². The first-order chi connectivity index (χ1) is 13.6. The van der Waals surface area contributed by atoms with Crippen LogP contribution < -0.4 is 31.0 Å². The van der Waals surface area contributed by atoms with E-state index in [-0.39, 0.29) is 18.7 Å². The smallest absolute Gasteiger partial charge is 0.259 e. The number of hydrogen-bond acceptors (Lipinski definition) is 7. The Bertz CT molecular complexity index is 838. The van der Waals surface area contributed by atoms with E-state index in [0.717, 1.165) is 11.4 Å². The highest BCUT2D eigenvalue weighted by molar-refractivity contribution is 6.30. The van der Waals surface area contributed by atoms with Gasteiger partial charge in [0.05, 0.1) is 13.2 Å². The molecule has 8 nitrogen and oxygen atoms in total. The average Bonchev–Trinajstić information content (AvgIpc) is 3.09. The third kappa shape index (κ3) is 5.04. The number of nitriles is 1. The number of anilines is 1. The molecule has 1 aliphatic rings. The van der Waals surface area contributed by atoms with Gasteiger partial charge in [0, 0.05) is 10.7 Å². The molecular formula is C19H20ClN5O3. The number of benzene rings is 2. The molecule has 0 saturated carbocycles. The SMILES string of the molecule is COc1ccc(NC2NNC(NC(=O)COc3ccc(Cl)cc3)C2C#N)cc1. The quantitative estimate of drug-likeness (QED) is 0.560. The third-order valence-corrected chi connectivity index (χ3v) is 4.43. The first-order valence-electron chi connectivity index (χ1n) is 8.58. The number of ether oxygens (including phenoxy) is 2. The van der Waals surface area contributed by atoms with Gasteiger partial charge in [-0.15, -0.1) is 0 Å². The molecule has 0 aromatic heterocycles. The van der Waals surface area contributed by atoms with Gasteiger partial charge in [-0.1, -0.05) is 11.6 Å². The Morgan fingerprint density at radius 3 is 2.39 bits per heavy atom. The monoisotopic (exact) mass is 401 g/mol. The van der Waals surface area contributed by atoms with E-state index in [0.29, 0.717) is 10.8 Å². The maximum absolute atomic E-state index is 12.2. The number of hydrazine groups is 1. The van der Waals surface area contributed by atoms with Crippen molar-refractivity contribution in [3.63, 3.8) is 0 Å². The number of halogens is 1. The molecule has 1 saturated heterocycles. The van der Waals surface area contributed by atoms with Crippen LogP contribution in [0.5, 0.6) is 11.5 Å². The number of methoxy groups -OCH3 is 1. The zero-order valence-corrected chi connectivity index (χ0v) is 15.9. The van der Waals surface area contributed by atoms with E-state index in [1.165, 1.54) is 0 Å². The predicted molar refractivity (Wildman–Crippen MR) is 105 cm³/mol. The molecule has 146 valence electrons. The highest BCUT2D eigenvalue weighted by atomic mass is 35.5. The average molecular weight is 402 g/mol. The van der Waals surface area contributed by atoms with Crippen LogP contribution in [0.2, 0.25) is 5.02 Å². The van der Waals surface area contributed by atoms with E-state index < -0.39 is 12.1 Å². The van der Waals surface area contributed by atoms with E-state index in [4.69, 9.17) is 21.1 Å². The highest BCUT2D eigenvalue weighted by Crippen LogP contribution is 2.20. The van der Waals surface area contributed by atoms with Crippen LogP contribution in [0.4, 0.5) is 5.69 Å². The molecular weight excluding hydrogens is 382 g/mol. The van der Waals surface area contributed by atoms with E-state index in [1.807, 2.05) is 24.3 Å². The van der Waals surface area contributed by atoms with Crippen molar-refractivity contribution in [2.75, 3.05) is 19.0 Å². The number of nitrogens with zero attached hydrogens (tertiary/aromatic N) is 1. The lowest BCUT2D eigenvalue weighted by Crippen LogP contribution is -2.48. The molecule has 1 aliphatic heterocycles. The molecule has 28 heavy (non-hydrogen) atoms. The van der Waals surface area contributed by atoms with Crippen LogP contribution in [0.1, 0.15) is 0 Å². The summed E-state index contributed by atoms with van der Waals surface area (Å²) in [5.74, 6) is 0.389. The summed E-state index contributed by atoms with van der Waals surface area (Å²) < 4.78 is 10.5. The van der Waals surface area contributed by atoms with Crippen LogP contribution in [-0.2, 0) is 4.79 Å². The molecule has 2 aromatic carbocycles. The molecule has 0 bridgehead atoms. The van der Waals surface area contributed by atoms with Crippen LogP contribution in [0.3, 0.4) is 0 Å². The lowest BCUT2D eigenvalue weighted by Gasteiger charge is -2.19. The van der Waals surface area contributed by atoms with Crippen molar-refractivity contribution in [1.82, 2.24) is 16.2 Å². The molecule has 3 atom stereocenters. The van der Waals surface area contributed by atoms with Gasteiger partial charge in [-0.05, 0) is 48.5 Å². The molecule has 2 aromatic rings. The maximum atomic E-state index is 12.2. The molecule has 3 rings (SSSR count). The van der Waals surface area contributed by atoms with Gasteiger partial charge in [0.2, 0.25) is 0 Å². The van der Waals surface area contributed by atoms with E-state index in [9.17, 15) is 10.1 Å². The Kier molecular flexibility index (Phi) is 6.55. The van der Waals surface area contributed by atoms with Gasteiger partial charge in [0.1, 0.15) is 29.7 Å². The van der Waals surface area contributed by atoms with Crippen LogP contribution >= 0.6 is 11.6 Å². The first-order valence-corrected chi connectivity index (χ1v) is 8.96. The molecule has 0 spiro atoms. The van der Waals surface area contributed by atoms with Crippen molar-refractivity contribution in [3.8, 4) is 17.6 Å². The summed E-state index contributed by atoms with van der Waals surface area (Å²) in [5.41, 5.74) is 6.73. The second-order valence-corrected chi connectivity index (χ2v) is 6.52. The van der Waals surface area contributed by atoms with E-state index in [2.05, 4.69) is 27.6 Å². The Morgan fingerprint density at radius 2 is 1.75 bits per heavy atom. The summed E-state index contributed by atoms with van der Waals surface area (Å²) in [6.07, 6.45) is -0.956. The zero-order valence-electron chi connectivity index (χ0n) is 15.1. The lowest BCUT2D eigenvalue weighted by molar-refractivity contribution is -0.124. The second kappa shape index (κ2) is 9.28. The summed E-state index contributed by atoms with van der Waals surface area (Å²) in [6, 6.07) is 16.3. The topological polar surface area (TPSA) is 107 Å². The Balaban J connectivity index is 1.52. The second-order valence-electron chi connectivity index (χ2n) is 6.08. The summed E-state index contributed by atoms with van der Waals surface area (Å²) in [7, 11) is 1.60. The minimum Gasteiger partial charge on any atom is -0.497 e. The van der Waals surface area contributed by atoms with Crippen LogP contribution in [0.15, 0.2) is 48.5 Å². The van der Waals surface area contributed by atoms with Gasteiger partial charge in [0.25, 0.3) is 5.91 Å². The predicted octanol–water partition coefficient (Wildman–Crippen LogP) is 1.86.